The fourth-order valence-corrected chi connectivity index (χ4v) is 1.06. The highest BCUT2D eigenvalue weighted by molar-refractivity contribution is 5.77. The first-order valence-corrected chi connectivity index (χ1v) is 5.42. The van der Waals surface area contributed by atoms with Crippen molar-refractivity contribution in [1.82, 2.24) is 0 Å². The third-order valence-corrected chi connectivity index (χ3v) is 1.94. The highest BCUT2D eigenvalue weighted by Crippen LogP contribution is 2.12. The Balaban J connectivity index is 3.80. The zero-order chi connectivity index (χ0) is 14.0. The Bertz CT molecular complexity index is 263. The summed E-state index contributed by atoms with van der Waals surface area (Å²) in [4.78, 5) is 21.4. The van der Waals surface area contributed by atoms with E-state index < -0.39 is 24.1 Å². The van der Waals surface area contributed by atoms with Gasteiger partial charge in [-0.25, -0.2) is 4.79 Å². The molecule has 0 spiro atoms. The summed E-state index contributed by atoms with van der Waals surface area (Å²) >= 11 is 0. The molecule has 8 heteroatoms. The molecule has 8 nitrogen and oxygen atoms in total. The standard InChI is InChI=1S/C10H18O8/c11-4-5-17-6-7-18-9(14)10(15,16)3-1-2-8(12)13/h11,15-16H,1-7H2,(H,12,13). The predicted molar refractivity (Wildman–Crippen MR) is 57.5 cm³/mol. The number of hydrogen-bond donors (Lipinski definition) is 4. The summed E-state index contributed by atoms with van der Waals surface area (Å²) in [5.41, 5.74) is 0. The van der Waals surface area contributed by atoms with Crippen molar-refractivity contribution in [2.24, 2.45) is 0 Å². The van der Waals surface area contributed by atoms with Gasteiger partial charge in [-0.2, -0.15) is 0 Å². The SMILES string of the molecule is O=C(O)CCCC(O)(O)C(=O)OCCOCCO. The Morgan fingerprint density at radius 2 is 1.78 bits per heavy atom. The van der Waals surface area contributed by atoms with Crippen molar-refractivity contribution < 1.29 is 39.5 Å². The van der Waals surface area contributed by atoms with Crippen molar-refractivity contribution >= 4 is 11.9 Å². The Kier molecular flexibility index (Phi) is 8.21. The van der Waals surface area contributed by atoms with Crippen LogP contribution in [0.1, 0.15) is 19.3 Å². The van der Waals surface area contributed by atoms with Crippen molar-refractivity contribution in [3.63, 3.8) is 0 Å². The molecule has 106 valence electrons. The van der Waals surface area contributed by atoms with Gasteiger partial charge in [-0.1, -0.05) is 0 Å². The minimum atomic E-state index is -2.69. The minimum absolute atomic E-state index is 0.0253. The van der Waals surface area contributed by atoms with Gasteiger partial charge in [0, 0.05) is 12.8 Å². The summed E-state index contributed by atoms with van der Waals surface area (Å²) in [5, 5.41) is 35.4. The number of aliphatic hydroxyl groups is 3. The summed E-state index contributed by atoms with van der Waals surface area (Å²) in [5.74, 6) is -5.02. The van der Waals surface area contributed by atoms with Gasteiger partial charge < -0.3 is 29.9 Å². The van der Waals surface area contributed by atoms with Crippen LogP contribution >= 0.6 is 0 Å². The Labute approximate surface area is 104 Å². The van der Waals surface area contributed by atoms with Crippen LogP contribution < -0.4 is 0 Å². The van der Waals surface area contributed by atoms with Crippen molar-refractivity contribution in [3.8, 4) is 0 Å². The van der Waals surface area contributed by atoms with E-state index in [4.69, 9.17) is 14.9 Å². The van der Waals surface area contributed by atoms with Gasteiger partial charge in [0.15, 0.2) is 0 Å². The average Bonchev–Trinajstić information content (AvgIpc) is 2.27. The zero-order valence-corrected chi connectivity index (χ0v) is 9.87. The Morgan fingerprint density at radius 1 is 1.11 bits per heavy atom. The van der Waals surface area contributed by atoms with Crippen LogP contribution in [0, 0.1) is 0 Å². The fourth-order valence-electron chi connectivity index (χ4n) is 1.06. The summed E-state index contributed by atoms with van der Waals surface area (Å²) < 4.78 is 9.31. The molecule has 0 heterocycles. The van der Waals surface area contributed by atoms with Gasteiger partial charge in [-0.05, 0) is 6.42 Å². The summed E-state index contributed by atoms with van der Waals surface area (Å²) in [6.07, 6.45) is -0.746. The first-order chi connectivity index (χ1) is 8.40. The number of aliphatic carboxylic acids is 1. The largest absolute Gasteiger partial charge is 0.481 e. The quantitative estimate of drug-likeness (QED) is 0.213. The number of ether oxygens (including phenoxy) is 2. The highest BCUT2D eigenvalue weighted by atomic mass is 16.6. The molecule has 4 N–H and O–H groups in total. The maximum absolute atomic E-state index is 11.2. The molecule has 0 saturated carbocycles. The molecule has 0 aliphatic heterocycles. The van der Waals surface area contributed by atoms with Gasteiger partial charge in [0.2, 0.25) is 0 Å². The molecular formula is C10H18O8. The number of carboxylic acids is 1. The number of hydrogen-bond acceptors (Lipinski definition) is 7. The lowest BCUT2D eigenvalue weighted by Crippen LogP contribution is -2.40. The van der Waals surface area contributed by atoms with Gasteiger partial charge in [-0.15, -0.1) is 0 Å². The fraction of sp³-hybridized carbons (Fsp3) is 0.800. The van der Waals surface area contributed by atoms with E-state index in [-0.39, 0.29) is 39.3 Å². The number of carbonyl (C=O) groups is 2. The van der Waals surface area contributed by atoms with Crippen LogP contribution in [-0.4, -0.2) is 64.6 Å². The summed E-state index contributed by atoms with van der Waals surface area (Å²) in [6.45, 7) is -0.217. The minimum Gasteiger partial charge on any atom is -0.481 e. The van der Waals surface area contributed by atoms with E-state index in [0.717, 1.165) is 0 Å². The third kappa shape index (κ3) is 7.96. The van der Waals surface area contributed by atoms with Gasteiger partial charge in [0.05, 0.1) is 19.8 Å². The highest BCUT2D eigenvalue weighted by Gasteiger charge is 2.34. The number of aliphatic hydroxyl groups excluding tert-OH is 1. The second-order valence-corrected chi connectivity index (χ2v) is 3.54. The van der Waals surface area contributed by atoms with E-state index in [1.165, 1.54) is 0 Å². The lowest BCUT2D eigenvalue weighted by Gasteiger charge is -2.19. The van der Waals surface area contributed by atoms with Crippen LogP contribution in [0.15, 0.2) is 0 Å². The van der Waals surface area contributed by atoms with Crippen LogP contribution in [0.25, 0.3) is 0 Å². The number of carbonyl (C=O) groups excluding carboxylic acids is 1. The van der Waals surface area contributed by atoms with E-state index in [9.17, 15) is 19.8 Å². The van der Waals surface area contributed by atoms with E-state index in [1.807, 2.05) is 0 Å². The molecule has 0 aromatic carbocycles. The molecule has 0 aliphatic carbocycles. The molecule has 0 saturated heterocycles. The lowest BCUT2D eigenvalue weighted by atomic mass is 10.1. The molecule has 18 heavy (non-hydrogen) atoms. The molecule has 0 bridgehead atoms. The van der Waals surface area contributed by atoms with Gasteiger partial charge in [-0.3, -0.25) is 4.79 Å². The number of rotatable bonds is 10. The lowest BCUT2D eigenvalue weighted by molar-refractivity contribution is -0.213. The van der Waals surface area contributed by atoms with Crippen LogP contribution in [0.2, 0.25) is 0 Å². The summed E-state index contributed by atoms with van der Waals surface area (Å²) in [7, 11) is 0. The molecule has 0 atom stereocenters. The molecule has 0 fully saturated rings. The molecule has 0 aromatic rings. The molecule has 0 aliphatic rings. The zero-order valence-electron chi connectivity index (χ0n) is 9.87. The van der Waals surface area contributed by atoms with Gasteiger partial charge in [0.1, 0.15) is 6.61 Å². The van der Waals surface area contributed by atoms with Crippen LogP contribution in [0.3, 0.4) is 0 Å². The smallest absolute Gasteiger partial charge is 0.366 e. The Morgan fingerprint density at radius 3 is 2.33 bits per heavy atom. The van der Waals surface area contributed by atoms with E-state index >= 15 is 0 Å². The van der Waals surface area contributed by atoms with E-state index in [2.05, 4.69) is 4.74 Å². The molecule has 0 unspecified atom stereocenters. The second kappa shape index (κ2) is 8.81. The van der Waals surface area contributed by atoms with Crippen molar-refractivity contribution in [1.29, 1.82) is 0 Å². The predicted octanol–water partition coefficient (Wildman–Crippen LogP) is -1.53. The van der Waals surface area contributed by atoms with E-state index in [1.54, 1.807) is 0 Å². The van der Waals surface area contributed by atoms with Crippen LogP contribution in [-0.2, 0) is 19.1 Å². The monoisotopic (exact) mass is 266 g/mol. The topological polar surface area (TPSA) is 134 Å². The van der Waals surface area contributed by atoms with Gasteiger partial charge in [0.25, 0.3) is 5.79 Å². The summed E-state index contributed by atoms with van der Waals surface area (Å²) in [6, 6.07) is 0. The second-order valence-electron chi connectivity index (χ2n) is 3.54. The molecule has 0 aromatic heterocycles. The van der Waals surface area contributed by atoms with Crippen LogP contribution in [0.4, 0.5) is 0 Å². The molecule has 0 amide bonds. The molecule has 0 radical (unpaired) electrons. The third-order valence-electron chi connectivity index (χ3n) is 1.94. The van der Waals surface area contributed by atoms with Crippen LogP contribution in [0.5, 0.6) is 0 Å². The molecule has 0 rings (SSSR count). The molecular weight excluding hydrogens is 248 g/mol. The average molecular weight is 266 g/mol. The first-order valence-electron chi connectivity index (χ1n) is 5.42. The first kappa shape index (κ1) is 16.8. The normalized spacial score (nSPS) is 11.3. The maximum Gasteiger partial charge on any atom is 0.366 e. The number of esters is 1. The maximum atomic E-state index is 11.2. The van der Waals surface area contributed by atoms with Crippen molar-refractivity contribution in [2.75, 3.05) is 26.4 Å². The Hall–Kier alpha value is -1.22. The number of carboxylic acid groups (broad SMARTS) is 1. The van der Waals surface area contributed by atoms with Crippen molar-refractivity contribution in [3.05, 3.63) is 0 Å². The van der Waals surface area contributed by atoms with E-state index in [0.29, 0.717) is 0 Å². The van der Waals surface area contributed by atoms with Gasteiger partial charge >= 0.3 is 11.9 Å². The van der Waals surface area contributed by atoms with Crippen molar-refractivity contribution in [2.45, 2.75) is 25.0 Å².